The smallest absolute Gasteiger partial charge is 0.0485 e. The Morgan fingerprint density at radius 3 is 2.71 bits per heavy atom. The molecule has 0 aliphatic carbocycles. The maximum atomic E-state index is 6.23. The SMILES string of the molecule is CCCNC(CC)c1ccn(Cc2cc(Cl)ccc2Cl)c1. The highest BCUT2D eigenvalue weighted by atomic mass is 35.5. The fourth-order valence-electron chi connectivity index (χ4n) is 2.44. The number of aromatic nitrogens is 1. The van der Waals surface area contributed by atoms with Crippen molar-refractivity contribution in [1.82, 2.24) is 9.88 Å². The molecule has 0 fully saturated rings. The third kappa shape index (κ3) is 4.50. The Balaban J connectivity index is 2.10. The van der Waals surface area contributed by atoms with E-state index in [0.29, 0.717) is 6.04 Å². The van der Waals surface area contributed by atoms with Gasteiger partial charge in [0.05, 0.1) is 0 Å². The average molecular weight is 325 g/mol. The lowest BCUT2D eigenvalue weighted by Gasteiger charge is -2.15. The van der Waals surface area contributed by atoms with Crippen molar-refractivity contribution in [2.45, 2.75) is 39.3 Å². The number of halogens is 2. The summed E-state index contributed by atoms with van der Waals surface area (Å²) in [6.07, 6.45) is 6.52. The van der Waals surface area contributed by atoms with E-state index >= 15 is 0 Å². The lowest BCUT2D eigenvalue weighted by molar-refractivity contribution is 0.517. The predicted octanol–water partition coefficient (Wildman–Crippen LogP) is 5.29. The molecule has 1 unspecified atom stereocenters. The molecule has 4 heteroatoms. The first-order valence-corrected chi connectivity index (χ1v) is 8.22. The van der Waals surface area contributed by atoms with Crippen molar-refractivity contribution in [2.24, 2.45) is 0 Å². The maximum Gasteiger partial charge on any atom is 0.0485 e. The van der Waals surface area contributed by atoms with Gasteiger partial charge >= 0.3 is 0 Å². The van der Waals surface area contributed by atoms with E-state index in [2.05, 4.69) is 42.2 Å². The van der Waals surface area contributed by atoms with Gasteiger partial charge in [0, 0.05) is 35.0 Å². The zero-order chi connectivity index (χ0) is 15.2. The largest absolute Gasteiger partial charge is 0.350 e. The summed E-state index contributed by atoms with van der Waals surface area (Å²) in [5, 5.41) is 5.05. The van der Waals surface area contributed by atoms with Gasteiger partial charge in [-0.3, -0.25) is 0 Å². The van der Waals surface area contributed by atoms with Crippen LogP contribution in [0.2, 0.25) is 10.0 Å². The lowest BCUT2D eigenvalue weighted by Crippen LogP contribution is -2.21. The number of rotatable bonds is 7. The summed E-state index contributed by atoms with van der Waals surface area (Å²) in [6.45, 7) is 6.18. The molecule has 1 aromatic heterocycles. The van der Waals surface area contributed by atoms with Crippen LogP contribution >= 0.6 is 23.2 Å². The van der Waals surface area contributed by atoms with Crippen molar-refractivity contribution in [3.63, 3.8) is 0 Å². The fraction of sp³-hybridized carbons (Fsp3) is 0.412. The summed E-state index contributed by atoms with van der Waals surface area (Å²) in [6, 6.07) is 8.18. The van der Waals surface area contributed by atoms with E-state index < -0.39 is 0 Å². The van der Waals surface area contributed by atoms with Gasteiger partial charge in [-0.2, -0.15) is 0 Å². The first kappa shape index (κ1) is 16.4. The molecule has 0 aliphatic rings. The van der Waals surface area contributed by atoms with E-state index in [-0.39, 0.29) is 0 Å². The molecular formula is C17H22Cl2N2. The van der Waals surface area contributed by atoms with Crippen LogP contribution in [-0.4, -0.2) is 11.1 Å². The molecule has 21 heavy (non-hydrogen) atoms. The minimum absolute atomic E-state index is 0.418. The average Bonchev–Trinajstić information content (AvgIpc) is 2.92. The van der Waals surface area contributed by atoms with E-state index in [9.17, 15) is 0 Å². The molecule has 2 aromatic rings. The van der Waals surface area contributed by atoms with Crippen molar-refractivity contribution in [1.29, 1.82) is 0 Å². The molecule has 1 atom stereocenters. The Hall–Kier alpha value is -0.960. The number of nitrogens with one attached hydrogen (secondary N) is 1. The molecule has 1 heterocycles. The van der Waals surface area contributed by atoms with Crippen molar-refractivity contribution >= 4 is 23.2 Å². The van der Waals surface area contributed by atoms with E-state index in [1.54, 1.807) is 0 Å². The highest BCUT2D eigenvalue weighted by Gasteiger charge is 2.10. The normalized spacial score (nSPS) is 12.6. The van der Waals surface area contributed by atoms with Crippen LogP contribution in [0.15, 0.2) is 36.7 Å². The summed E-state index contributed by atoms with van der Waals surface area (Å²) in [4.78, 5) is 0. The van der Waals surface area contributed by atoms with Gasteiger partial charge in [0.2, 0.25) is 0 Å². The van der Waals surface area contributed by atoms with Crippen molar-refractivity contribution in [3.8, 4) is 0 Å². The number of hydrogen-bond acceptors (Lipinski definition) is 1. The van der Waals surface area contributed by atoms with Crippen molar-refractivity contribution < 1.29 is 0 Å². The zero-order valence-electron chi connectivity index (χ0n) is 12.6. The maximum absolute atomic E-state index is 6.23. The first-order valence-electron chi connectivity index (χ1n) is 7.47. The zero-order valence-corrected chi connectivity index (χ0v) is 14.1. The van der Waals surface area contributed by atoms with Crippen LogP contribution < -0.4 is 5.32 Å². The predicted molar refractivity (Wildman–Crippen MR) is 91.3 cm³/mol. The molecule has 114 valence electrons. The number of hydrogen-bond donors (Lipinski definition) is 1. The van der Waals surface area contributed by atoms with Gasteiger partial charge in [0.15, 0.2) is 0 Å². The number of benzene rings is 1. The standard InChI is InChI=1S/C17H22Cl2N2/c1-3-8-20-17(4-2)13-7-9-21(11-13)12-14-10-15(18)5-6-16(14)19/h5-7,9-11,17,20H,3-4,8,12H2,1-2H3. The quantitative estimate of drug-likeness (QED) is 0.731. The van der Waals surface area contributed by atoms with Gasteiger partial charge in [0.25, 0.3) is 0 Å². The van der Waals surface area contributed by atoms with Crippen LogP contribution in [0.25, 0.3) is 0 Å². The summed E-state index contributed by atoms with van der Waals surface area (Å²) in [7, 11) is 0. The minimum atomic E-state index is 0.418. The van der Waals surface area contributed by atoms with Crippen molar-refractivity contribution in [3.05, 3.63) is 57.8 Å². The molecule has 0 saturated heterocycles. The lowest BCUT2D eigenvalue weighted by atomic mass is 10.1. The van der Waals surface area contributed by atoms with Gasteiger partial charge in [-0.1, -0.05) is 37.0 Å². The summed E-state index contributed by atoms with van der Waals surface area (Å²) in [5.41, 5.74) is 2.37. The van der Waals surface area contributed by atoms with Gasteiger partial charge in [-0.05, 0) is 54.8 Å². The molecule has 2 nitrogen and oxygen atoms in total. The molecular weight excluding hydrogens is 303 g/mol. The van der Waals surface area contributed by atoms with Gasteiger partial charge in [0.1, 0.15) is 0 Å². The molecule has 1 N–H and O–H groups in total. The van der Waals surface area contributed by atoms with Crippen LogP contribution in [0.4, 0.5) is 0 Å². The van der Waals surface area contributed by atoms with Gasteiger partial charge < -0.3 is 9.88 Å². The molecule has 0 bridgehead atoms. The highest BCUT2D eigenvalue weighted by Crippen LogP contribution is 2.23. The van der Waals surface area contributed by atoms with E-state index in [1.165, 1.54) is 5.56 Å². The third-order valence-corrected chi connectivity index (χ3v) is 4.19. The monoisotopic (exact) mass is 324 g/mol. The Morgan fingerprint density at radius 1 is 1.19 bits per heavy atom. The molecule has 0 amide bonds. The Bertz CT molecular complexity index is 578. The molecule has 1 aromatic carbocycles. The van der Waals surface area contributed by atoms with Crippen molar-refractivity contribution in [2.75, 3.05) is 6.54 Å². The van der Waals surface area contributed by atoms with E-state index in [4.69, 9.17) is 23.2 Å². The third-order valence-electron chi connectivity index (χ3n) is 3.59. The van der Waals surface area contributed by atoms with Gasteiger partial charge in [-0.25, -0.2) is 0 Å². The minimum Gasteiger partial charge on any atom is -0.350 e. The fourth-order valence-corrected chi connectivity index (χ4v) is 2.81. The van der Waals surface area contributed by atoms with Crippen LogP contribution in [0.1, 0.15) is 43.9 Å². The number of nitrogens with zero attached hydrogens (tertiary/aromatic N) is 1. The Morgan fingerprint density at radius 2 is 2.00 bits per heavy atom. The summed E-state index contributed by atoms with van der Waals surface area (Å²) in [5.74, 6) is 0. The summed E-state index contributed by atoms with van der Waals surface area (Å²) < 4.78 is 2.16. The van der Waals surface area contributed by atoms with Gasteiger partial charge in [-0.15, -0.1) is 0 Å². The molecule has 0 radical (unpaired) electrons. The molecule has 2 rings (SSSR count). The highest BCUT2D eigenvalue weighted by molar-refractivity contribution is 6.33. The molecule has 0 aliphatic heterocycles. The van der Waals surface area contributed by atoms with Crippen LogP contribution in [0, 0.1) is 0 Å². The van der Waals surface area contributed by atoms with Crippen LogP contribution in [0.3, 0.4) is 0 Å². The molecule has 0 saturated carbocycles. The molecule has 0 spiro atoms. The van der Waals surface area contributed by atoms with Crippen LogP contribution in [0.5, 0.6) is 0 Å². The van der Waals surface area contributed by atoms with E-state index in [1.807, 2.05) is 18.2 Å². The second-order valence-corrected chi connectivity index (χ2v) is 6.11. The topological polar surface area (TPSA) is 17.0 Å². The second kappa shape index (κ2) is 7.88. The van der Waals surface area contributed by atoms with Crippen LogP contribution in [-0.2, 0) is 6.54 Å². The Labute approximate surface area is 137 Å². The van der Waals surface area contributed by atoms with E-state index in [0.717, 1.165) is 41.5 Å². The Kier molecular flexibility index (Phi) is 6.16. The first-order chi connectivity index (χ1) is 10.1. The summed E-state index contributed by atoms with van der Waals surface area (Å²) >= 11 is 12.3. The second-order valence-electron chi connectivity index (χ2n) is 5.27.